The highest BCUT2D eigenvalue weighted by Crippen LogP contribution is 2.24. The number of Topliss-reactive ketones (excluding diaryl/α,β-unsaturated/α-hetero) is 1. The van der Waals surface area contributed by atoms with Gasteiger partial charge in [0.05, 0.1) is 5.56 Å². The van der Waals surface area contributed by atoms with Gasteiger partial charge in [0.15, 0.2) is 0 Å². The molecule has 6 heteroatoms. The second kappa shape index (κ2) is 5.85. The first kappa shape index (κ1) is 15.2. The van der Waals surface area contributed by atoms with E-state index in [1.807, 2.05) is 0 Å². The molecule has 0 saturated carbocycles. The van der Waals surface area contributed by atoms with Crippen molar-refractivity contribution in [2.75, 3.05) is 5.32 Å². The van der Waals surface area contributed by atoms with Gasteiger partial charge in [0.1, 0.15) is 5.82 Å². The zero-order valence-corrected chi connectivity index (χ0v) is 12.9. The summed E-state index contributed by atoms with van der Waals surface area (Å²) in [5.41, 5.74) is 1.80. The van der Waals surface area contributed by atoms with Gasteiger partial charge < -0.3 is 10.3 Å². The zero-order chi connectivity index (χ0) is 16.6. The van der Waals surface area contributed by atoms with E-state index in [1.165, 1.54) is 24.4 Å². The number of amides is 1. The normalized spacial score (nSPS) is 10.7. The smallest absolute Gasteiger partial charge is 0.296 e. The number of hydrogen-bond acceptors (Lipinski definition) is 2. The van der Waals surface area contributed by atoms with Crippen LogP contribution >= 0.6 is 11.6 Å². The molecule has 1 heterocycles. The Labute approximate surface area is 136 Å². The molecular weight excluding hydrogens is 319 g/mol. The van der Waals surface area contributed by atoms with Gasteiger partial charge in [0.25, 0.3) is 11.7 Å². The molecule has 0 saturated heterocycles. The lowest BCUT2D eigenvalue weighted by Crippen LogP contribution is -2.23. The minimum atomic E-state index is -0.777. The molecule has 1 amide bonds. The van der Waals surface area contributed by atoms with Gasteiger partial charge in [-0.3, -0.25) is 9.59 Å². The number of fused-ring (bicyclic) bond motifs is 1. The molecule has 0 aliphatic rings. The Bertz CT molecular complexity index is 933. The predicted octanol–water partition coefficient (Wildman–Crippen LogP) is 4.09. The highest BCUT2D eigenvalue weighted by atomic mass is 35.5. The molecule has 116 valence electrons. The number of aromatic nitrogens is 1. The summed E-state index contributed by atoms with van der Waals surface area (Å²) in [4.78, 5) is 27.3. The number of nitrogens with one attached hydrogen (secondary N) is 2. The number of aromatic amines is 1. The minimum absolute atomic E-state index is 0.192. The monoisotopic (exact) mass is 330 g/mol. The number of hydrogen-bond donors (Lipinski definition) is 2. The Morgan fingerprint density at radius 2 is 2.00 bits per heavy atom. The van der Waals surface area contributed by atoms with Crippen molar-refractivity contribution in [1.82, 2.24) is 4.98 Å². The van der Waals surface area contributed by atoms with Crippen LogP contribution in [0, 0.1) is 12.7 Å². The number of H-pyrrole nitrogens is 1. The second-order valence-electron chi connectivity index (χ2n) is 5.09. The fourth-order valence-electron chi connectivity index (χ4n) is 2.33. The van der Waals surface area contributed by atoms with Crippen molar-refractivity contribution in [2.24, 2.45) is 0 Å². The molecule has 1 aromatic heterocycles. The van der Waals surface area contributed by atoms with Gasteiger partial charge in [-0.15, -0.1) is 0 Å². The molecule has 0 aliphatic heterocycles. The summed E-state index contributed by atoms with van der Waals surface area (Å²) in [6.07, 6.45) is 1.40. The number of halogens is 2. The summed E-state index contributed by atoms with van der Waals surface area (Å²) in [7, 11) is 0. The molecule has 23 heavy (non-hydrogen) atoms. The van der Waals surface area contributed by atoms with Crippen LogP contribution in [0.15, 0.2) is 42.6 Å². The Kier molecular flexibility index (Phi) is 3.88. The van der Waals surface area contributed by atoms with E-state index in [-0.39, 0.29) is 5.56 Å². The van der Waals surface area contributed by atoms with Crippen LogP contribution < -0.4 is 5.32 Å². The van der Waals surface area contributed by atoms with Crippen LogP contribution in [0.2, 0.25) is 5.02 Å². The molecule has 2 aromatic carbocycles. The van der Waals surface area contributed by atoms with Gasteiger partial charge in [-0.25, -0.2) is 4.39 Å². The van der Waals surface area contributed by atoms with Crippen molar-refractivity contribution in [2.45, 2.75) is 6.92 Å². The standard InChI is InChI=1S/C17H12ClFN2O2/c1-9-13(18)3-2-4-14(9)21-17(23)16(22)12-8-20-15-7-10(19)5-6-11(12)15/h2-8,20H,1H3,(H,21,23). The second-order valence-corrected chi connectivity index (χ2v) is 5.50. The van der Waals surface area contributed by atoms with Crippen LogP contribution in [0.1, 0.15) is 15.9 Å². The average Bonchev–Trinajstić information content (AvgIpc) is 2.93. The lowest BCUT2D eigenvalue weighted by atomic mass is 10.1. The Morgan fingerprint density at radius 1 is 1.22 bits per heavy atom. The maximum Gasteiger partial charge on any atom is 0.296 e. The first-order valence-corrected chi connectivity index (χ1v) is 7.22. The van der Waals surface area contributed by atoms with E-state index in [0.717, 1.165) is 0 Å². The molecular formula is C17H12ClFN2O2. The number of carbonyl (C=O) groups is 2. The van der Waals surface area contributed by atoms with E-state index in [4.69, 9.17) is 11.6 Å². The maximum atomic E-state index is 13.2. The molecule has 0 bridgehead atoms. The predicted molar refractivity (Wildman–Crippen MR) is 87.4 cm³/mol. The molecule has 0 atom stereocenters. The van der Waals surface area contributed by atoms with Crippen LogP contribution in [0.3, 0.4) is 0 Å². The number of benzene rings is 2. The quantitative estimate of drug-likeness (QED) is 0.561. The van der Waals surface area contributed by atoms with Gasteiger partial charge >= 0.3 is 0 Å². The number of rotatable bonds is 3. The van der Waals surface area contributed by atoms with Crippen molar-refractivity contribution in [3.63, 3.8) is 0 Å². The number of anilines is 1. The Balaban J connectivity index is 1.90. The van der Waals surface area contributed by atoms with Crippen molar-refractivity contribution >= 4 is 39.9 Å². The number of ketones is 1. The topological polar surface area (TPSA) is 62.0 Å². The summed E-state index contributed by atoms with van der Waals surface area (Å²) >= 11 is 5.99. The third kappa shape index (κ3) is 2.83. The summed E-state index contributed by atoms with van der Waals surface area (Å²) < 4.78 is 13.2. The largest absolute Gasteiger partial charge is 0.360 e. The molecule has 0 fully saturated rings. The highest BCUT2D eigenvalue weighted by Gasteiger charge is 2.21. The van der Waals surface area contributed by atoms with Crippen molar-refractivity contribution < 1.29 is 14.0 Å². The van der Waals surface area contributed by atoms with E-state index >= 15 is 0 Å². The Hall–Kier alpha value is -2.66. The van der Waals surface area contributed by atoms with Gasteiger partial charge in [-0.2, -0.15) is 0 Å². The number of carbonyl (C=O) groups excluding carboxylic acids is 2. The first-order chi connectivity index (χ1) is 11.0. The fourth-order valence-corrected chi connectivity index (χ4v) is 2.51. The lowest BCUT2D eigenvalue weighted by Gasteiger charge is -2.08. The molecule has 0 spiro atoms. The van der Waals surface area contributed by atoms with E-state index in [1.54, 1.807) is 25.1 Å². The molecule has 3 aromatic rings. The molecule has 4 nitrogen and oxygen atoms in total. The van der Waals surface area contributed by atoms with Crippen molar-refractivity contribution in [3.8, 4) is 0 Å². The molecule has 0 aliphatic carbocycles. The van der Waals surface area contributed by atoms with Crippen LogP contribution in [0.25, 0.3) is 10.9 Å². The van der Waals surface area contributed by atoms with Gasteiger partial charge in [0.2, 0.25) is 0 Å². The molecule has 0 unspecified atom stereocenters. The van der Waals surface area contributed by atoms with Crippen LogP contribution in [0.5, 0.6) is 0 Å². The van der Waals surface area contributed by atoms with Crippen molar-refractivity contribution in [3.05, 3.63) is 64.6 Å². The third-order valence-electron chi connectivity index (χ3n) is 3.61. The summed E-state index contributed by atoms with van der Waals surface area (Å²) in [6.45, 7) is 1.75. The Morgan fingerprint density at radius 3 is 2.78 bits per heavy atom. The van der Waals surface area contributed by atoms with Gasteiger partial charge in [0, 0.05) is 27.8 Å². The lowest BCUT2D eigenvalue weighted by molar-refractivity contribution is -0.112. The van der Waals surface area contributed by atoms with Crippen LogP contribution in [-0.4, -0.2) is 16.7 Å². The summed E-state index contributed by atoms with van der Waals surface area (Å²) in [6, 6.07) is 9.02. The van der Waals surface area contributed by atoms with Gasteiger partial charge in [-0.1, -0.05) is 17.7 Å². The van der Waals surface area contributed by atoms with E-state index in [9.17, 15) is 14.0 Å². The minimum Gasteiger partial charge on any atom is -0.360 e. The SMILES string of the molecule is Cc1c(Cl)cccc1NC(=O)C(=O)c1c[nH]c2cc(F)ccc12. The van der Waals surface area contributed by atoms with Crippen molar-refractivity contribution in [1.29, 1.82) is 0 Å². The summed E-state index contributed by atoms with van der Waals surface area (Å²) in [5.74, 6) is -1.90. The zero-order valence-electron chi connectivity index (χ0n) is 12.1. The van der Waals surface area contributed by atoms with Crippen LogP contribution in [-0.2, 0) is 4.79 Å². The van der Waals surface area contributed by atoms with Gasteiger partial charge in [-0.05, 0) is 42.8 Å². The third-order valence-corrected chi connectivity index (χ3v) is 4.02. The van der Waals surface area contributed by atoms with E-state index in [2.05, 4.69) is 10.3 Å². The molecule has 0 radical (unpaired) electrons. The van der Waals surface area contributed by atoms with E-state index < -0.39 is 17.5 Å². The molecule has 2 N–H and O–H groups in total. The highest BCUT2D eigenvalue weighted by molar-refractivity contribution is 6.48. The fraction of sp³-hybridized carbons (Fsp3) is 0.0588. The van der Waals surface area contributed by atoms with Crippen LogP contribution in [0.4, 0.5) is 10.1 Å². The van der Waals surface area contributed by atoms with E-state index in [0.29, 0.717) is 27.2 Å². The first-order valence-electron chi connectivity index (χ1n) is 6.85. The maximum absolute atomic E-state index is 13.2. The summed E-state index contributed by atoms with van der Waals surface area (Å²) in [5, 5.41) is 3.55. The molecule has 3 rings (SSSR count). The average molecular weight is 331 g/mol.